The topological polar surface area (TPSA) is 110 Å². The SMILES string of the molecule is CC(C)N(CCO)c1ccc(S(N)(=O)=O)c(N)c1. The van der Waals surface area contributed by atoms with Gasteiger partial charge in [0.05, 0.1) is 12.3 Å². The number of hydrogen-bond donors (Lipinski definition) is 3. The second-order valence-corrected chi connectivity index (χ2v) is 5.81. The van der Waals surface area contributed by atoms with Gasteiger partial charge in [0.2, 0.25) is 10.0 Å². The van der Waals surface area contributed by atoms with E-state index in [0.29, 0.717) is 6.54 Å². The standard InChI is InChI=1S/C11H19N3O3S/c1-8(2)14(5-6-15)9-3-4-11(10(12)7-9)18(13,16)17/h3-4,7-8,15H,5-6,12H2,1-2H3,(H2,13,16,17). The predicted octanol–water partition coefficient (Wildman–Crippen LogP) is 0.123. The average molecular weight is 273 g/mol. The van der Waals surface area contributed by atoms with Crippen LogP contribution in [0.4, 0.5) is 11.4 Å². The molecule has 0 aromatic heterocycles. The molecule has 0 bridgehead atoms. The van der Waals surface area contributed by atoms with Crippen molar-refractivity contribution in [3.05, 3.63) is 18.2 Å². The van der Waals surface area contributed by atoms with Crippen LogP contribution >= 0.6 is 0 Å². The molecule has 0 heterocycles. The van der Waals surface area contributed by atoms with E-state index in [2.05, 4.69) is 0 Å². The fourth-order valence-corrected chi connectivity index (χ4v) is 2.41. The van der Waals surface area contributed by atoms with Gasteiger partial charge in [0.15, 0.2) is 0 Å². The summed E-state index contributed by atoms with van der Waals surface area (Å²) in [5.74, 6) is 0. The lowest BCUT2D eigenvalue weighted by atomic mass is 10.2. The minimum atomic E-state index is -3.80. The zero-order chi connectivity index (χ0) is 13.9. The molecule has 18 heavy (non-hydrogen) atoms. The lowest BCUT2D eigenvalue weighted by molar-refractivity contribution is 0.299. The van der Waals surface area contributed by atoms with Crippen molar-refractivity contribution in [1.82, 2.24) is 0 Å². The molecule has 0 amide bonds. The van der Waals surface area contributed by atoms with Crippen molar-refractivity contribution in [2.75, 3.05) is 23.8 Å². The molecular formula is C11H19N3O3S. The van der Waals surface area contributed by atoms with Gasteiger partial charge in [-0.15, -0.1) is 0 Å². The number of aliphatic hydroxyl groups is 1. The summed E-state index contributed by atoms with van der Waals surface area (Å²) in [6.07, 6.45) is 0. The maximum atomic E-state index is 11.2. The number of nitrogens with zero attached hydrogens (tertiary/aromatic N) is 1. The van der Waals surface area contributed by atoms with E-state index in [1.54, 1.807) is 12.1 Å². The average Bonchev–Trinajstić information content (AvgIpc) is 2.23. The van der Waals surface area contributed by atoms with Crippen LogP contribution in [0.2, 0.25) is 0 Å². The van der Waals surface area contributed by atoms with Crippen molar-refractivity contribution in [1.29, 1.82) is 0 Å². The van der Waals surface area contributed by atoms with Gasteiger partial charge in [-0.1, -0.05) is 0 Å². The van der Waals surface area contributed by atoms with Crippen molar-refractivity contribution in [2.24, 2.45) is 5.14 Å². The van der Waals surface area contributed by atoms with Crippen LogP contribution in [0.15, 0.2) is 23.1 Å². The number of anilines is 2. The van der Waals surface area contributed by atoms with Gasteiger partial charge in [-0.25, -0.2) is 13.6 Å². The van der Waals surface area contributed by atoms with Crippen LogP contribution in [0.25, 0.3) is 0 Å². The molecule has 0 saturated carbocycles. The van der Waals surface area contributed by atoms with Gasteiger partial charge in [0, 0.05) is 18.3 Å². The van der Waals surface area contributed by atoms with Crippen molar-refractivity contribution in [2.45, 2.75) is 24.8 Å². The van der Waals surface area contributed by atoms with E-state index < -0.39 is 10.0 Å². The summed E-state index contributed by atoms with van der Waals surface area (Å²) in [5.41, 5.74) is 6.56. The van der Waals surface area contributed by atoms with Gasteiger partial charge in [0.25, 0.3) is 0 Å². The van der Waals surface area contributed by atoms with Crippen molar-refractivity contribution >= 4 is 21.4 Å². The molecule has 102 valence electrons. The molecule has 0 aliphatic rings. The minimum absolute atomic E-state index is 0.00895. The molecule has 0 fully saturated rings. The van der Waals surface area contributed by atoms with Crippen molar-refractivity contribution in [3.8, 4) is 0 Å². The third-order valence-corrected chi connectivity index (χ3v) is 3.58. The van der Waals surface area contributed by atoms with E-state index in [-0.39, 0.29) is 23.2 Å². The van der Waals surface area contributed by atoms with Crippen LogP contribution in [-0.2, 0) is 10.0 Å². The Kier molecular flexibility index (Phi) is 4.55. The summed E-state index contributed by atoms with van der Waals surface area (Å²) < 4.78 is 22.5. The number of sulfonamides is 1. The van der Waals surface area contributed by atoms with Gasteiger partial charge in [0.1, 0.15) is 4.90 Å². The molecule has 0 saturated heterocycles. The summed E-state index contributed by atoms with van der Waals surface area (Å²) >= 11 is 0. The smallest absolute Gasteiger partial charge is 0.240 e. The fraction of sp³-hybridized carbons (Fsp3) is 0.455. The molecule has 1 aromatic carbocycles. The number of nitrogens with two attached hydrogens (primary N) is 2. The molecule has 5 N–H and O–H groups in total. The zero-order valence-electron chi connectivity index (χ0n) is 10.5. The van der Waals surface area contributed by atoms with E-state index >= 15 is 0 Å². The second-order valence-electron chi connectivity index (χ2n) is 4.28. The Labute approximate surface area is 107 Å². The summed E-state index contributed by atoms with van der Waals surface area (Å²) in [6.45, 7) is 4.40. The highest BCUT2D eigenvalue weighted by atomic mass is 32.2. The molecule has 1 rings (SSSR count). The van der Waals surface area contributed by atoms with Gasteiger partial charge < -0.3 is 15.7 Å². The second kappa shape index (κ2) is 5.55. The van der Waals surface area contributed by atoms with E-state index in [9.17, 15) is 8.42 Å². The molecule has 0 aliphatic heterocycles. The number of nitrogen functional groups attached to an aromatic ring is 1. The van der Waals surface area contributed by atoms with E-state index in [0.717, 1.165) is 5.69 Å². The third kappa shape index (κ3) is 3.34. The first kappa shape index (κ1) is 14.7. The van der Waals surface area contributed by atoms with Gasteiger partial charge in [-0.3, -0.25) is 0 Å². The van der Waals surface area contributed by atoms with Crippen LogP contribution in [-0.4, -0.2) is 32.7 Å². The number of benzene rings is 1. The molecule has 0 spiro atoms. The highest BCUT2D eigenvalue weighted by molar-refractivity contribution is 7.89. The molecule has 0 unspecified atom stereocenters. The minimum Gasteiger partial charge on any atom is -0.398 e. The Balaban J connectivity index is 3.17. The summed E-state index contributed by atoms with van der Waals surface area (Å²) in [6, 6.07) is 4.73. The summed E-state index contributed by atoms with van der Waals surface area (Å²) in [7, 11) is -3.80. The van der Waals surface area contributed by atoms with Crippen molar-refractivity contribution < 1.29 is 13.5 Å². The van der Waals surface area contributed by atoms with Crippen molar-refractivity contribution in [3.63, 3.8) is 0 Å². The molecule has 6 nitrogen and oxygen atoms in total. The molecule has 7 heteroatoms. The summed E-state index contributed by atoms with van der Waals surface area (Å²) in [4.78, 5) is 1.84. The number of rotatable bonds is 5. The molecule has 0 aliphatic carbocycles. The van der Waals surface area contributed by atoms with Crippen LogP contribution in [0.3, 0.4) is 0 Å². The Morgan fingerprint density at radius 2 is 2.00 bits per heavy atom. The van der Waals surface area contributed by atoms with Gasteiger partial charge in [-0.2, -0.15) is 0 Å². The van der Waals surface area contributed by atoms with E-state index in [1.807, 2.05) is 18.7 Å². The monoisotopic (exact) mass is 273 g/mol. The Morgan fingerprint density at radius 1 is 1.39 bits per heavy atom. The third-order valence-electron chi connectivity index (χ3n) is 2.60. The maximum Gasteiger partial charge on any atom is 0.240 e. The van der Waals surface area contributed by atoms with Crippen LogP contribution < -0.4 is 15.8 Å². The van der Waals surface area contributed by atoms with E-state index in [4.69, 9.17) is 16.0 Å². The van der Waals surface area contributed by atoms with Gasteiger partial charge >= 0.3 is 0 Å². The molecule has 1 aromatic rings. The normalized spacial score (nSPS) is 11.8. The lowest BCUT2D eigenvalue weighted by Gasteiger charge is -2.28. The van der Waals surface area contributed by atoms with Crippen LogP contribution in [0, 0.1) is 0 Å². The highest BCUT2D eigenvalue weighted by Crippen LogP contribution is 2.25. The molecular weight excluding hydrogens is 254 g/mol. The lowest BCUT2D eigenvalue weighted by Crippen LogP contribution is -2.33. The first-order valence-corrected chi connectivity index (χ1v) is 7.12. The Bertz CT molecular complexity index is 514. The first-order valence-electron chi connectivity index (χ1n) is 5.57. The van der Waals surface area contributed by atoms with Crippen LogP contribution in [0.1, 0.15) is 13.8 Å². The largest absolute Gasteiger partial charge is 0.398 e. The fourth-order valence-electron chi connectivity index (χ4n) is 1.77. The zero-order valence-corrected chi connectivity index (χ0v) is 11.3. The quantitative estimate of drug-likeness (QED) is 0.660. The number of hydrogen-bond acceptors (Lipinski definition) is 5. The molecule has 0 radical (unpaired) electrons. The number of aliphatic hydroxyl groups excluding tert-OH is 1. The first-order chi connectivity index (χ1) is 8.27. The Morgan fingerprint density at radius 3 is 2.39 bits per heavy atom. The summed E-state index contributed by atoms with van der Waals surface area (Å²) in [5, 5.41) is 14.1. The van der Waals surface area contributed by atoms with Gasteiger partial charge in [-0.05, 0) is 32.0 Å². The van der Waals surface area contributed by atoms with Crippen LogP contribution in [0.5, 0.6) is 0 Å². The maximum absolute atomic E-state index is 11.2. The Hall–Kier alpha value is -1.31. The predicted molar refractivity (Wildman–Crippen MR) is 71.8 cm³/mol. The van der Waals surface area contributed by atoms with E-state index in [1.165, 1.54) is 6.07 Å². The molecule has 0 atom stereocenters. The number of primary sulfonamides is 1. The highest BCUT2D eigenvalue weighted by Gasteiger charge is 2.15.